The van der Waals surface area contributed by atoms with Crippen molar-refractivity contribution in [1.29, 1.82) is 0 Å². The summed E-state index contributed by atoms with van der Waals surface area (Å²) in [5, 5.41) is 0. The Morgan fingerprint density at radius 2 is 1.58 bits per heavy atom. The fourth-order valence-electron chi connectivity index (χ4n) is 2.08. The minimum atomic E-state index is -0.375. The lowest BCUT2D eigenvalue weighted by atomic mass is 10.2. The standard InChI is InChI=1S/C9H14O3.C8H12O3.CH4/c1-7(2)9(10)12-6-8-4-3-5-11-8;1-2-8(9)11-6-7-4-3-5-10-7;/h8H,1,3-6H2,2H3;2,7H,1,3-6H2;1H4. The van der Waals surface area contributed by atoms with Crippen molar-refractivity contribution in [2.45, 2.75) is 52.2 Å². The van der Waals surface area contributed by atoms with Crippen LogP contribution in [-0.2, 0) is 28.5 Å². The number of carbonyl (C=O) groups is 2. The van der Waals surface area contributed by atoms with E-state index in [4.69, 9.17) is 18.9 Å². The second kappa shape index (κ2) is 12.7. The van der Waals surface area contributed by atoms with E-state index in [-0.39, 0.29) is 31.6 Å². The van der Waals surface area contributed by atoms with Gasteiger partial charge in [-0.25, -0.2) is 9.59 Å². The van der Waals surface area contributed by atoms with Gasteiger partial charge in [0.2, 0.25) is 0 Å². The van der Waals surface area contributed by atoms with Crippen LogP contribution in [0, 0.1) is 0 Å². The molecule has 0 N–H and O–H groups in total. The predicted molar refractivity (Wildman–Crippen MR) is 91.6 cm³/mol. The second-order valence-corrected chi connectivity index (χ2v) is 5.48. The Morgan fingerprint density at radius 1 is 1.08 bits per heavy atom. The highest BCUT2D eigenvalue weighted by Gasteiger charge is 2.17. The molecule has 0 bridgehead atoms. The van der Waals surface area contributed by atoms with E-state index >= 15 is 0 Å². The van der Waals surface area contributed by atoms with Gasteiger partial charge in [0.15, 0.2) is 0 Å². The molecular formula is C18H30O6. The first-order valence-electron chi connectivity index (χ1n) is 7.88. The maximum Gasteiger partial charge on any atom is 0.333 e. The highest BCUT2D eigenvalue weighted by Crippen LogP contribution is 2.12. The summed E-state index contributed by atoms with van der Waals surface area (Å²) in [5.41, 5.74) is 0.438. The predicted octanol–water partition coefficient (Wildman–Crippen LogP) is 2.82. The molecular weight excluding hydrogens is 312 g/mol. The Hall–Kier alpha value is -1.66. The van der Waals surface area contributed by atoms with Crippen LogP contribution in [0.2, 0.25) is 0 Å². The van der Waals surface area contributed by atoms with Crippen LogP contribution in [0.1, 0.15) is 40.0 Å². The lowest BCUT2D eigenvalue weighted by molar-refractivity contribution is -0.142. The van der Waals surface area contributed by atoms with Gasteiger partial charge in [0.25, 0.3) is 0 Å². The van der Waals surface area contributed by atoms with Crippen molar-refractivity contribution >= 4 is 11.9 Å². The zero-order valence-corrected chi connectivity index (χ0v) is 13.8. The normalized spacial score (nSPS) is 21.7. The van der Waals surface area contributed by atoms with Gasteiger partial charge in [-0.1, -0.05) is 20.6 Å². The molecule has 2 fully saturated rings. The van der Waals surface area contributed by atoms with Crippen molar-refractivity contribution < 1.29 is 28.5 Å². The van der Waals surface area contributed by atoms with E-state index in [0.29, 0.717) is 18.8 Å². The van der Waals surface area contributed by atoms with E-state index in [1.807, 2.05) is 0 Å². The maximum absolute atomic E-state index is 10.9. The molecule has 2 aliphatic rings. The lowest BCUT2D eigenvalue weighted by Gasteiger charge is -2.09. The summed E-state index contributed by atoms with van der Waals surface area (Å²) >= 11 is 0. The van der Waals surface area contributed by atoms with Gasteiger partial charge < -0.3 is 18.9 Å². The van der Waals surface area contributed by atoms with Crippen molar-refractivity contribution in [3.63, 3.8) is 0 Å². The van der Waals surface area contributed by atoms with Crippen LogP contribution >= 0.6 is 0 Å². The van der Waals surface area contributed by atoms with Gasteiger partial charge in [0.1, 0.15) is 13.2 Å². The van der Waals surface area contributed by atoms with Crippen LogP contribution in [0.4, 0.5) is 0 Å². The molecule has 0 saturated carbocycles. The van der Waals surface area contributed by atoms with Gasteiger partial charge >= 0.3 is 11.9 Å². The highest BCUT2D eigenvalue weighted by molar-refractivity contribution is 5.86. The fraction of sp³-hybridized carbons (Fsp3) is 0.667. The first-order valence-corrected chi connectivity index (χ1v) is 7.88. The van der Waals surface area contributed by atoms with E-state index < -0.39 is 0 Å². The molecule has 2 rings (SSSR count). The minimum Gasteiger partial charge on any atom is -0.460 e. The number of hydrogen-bond donors (Lipinski definition) is 0. The number of ether oxygens (including phenoxy) is 4. The van der Waals surface area contributed by atoms with Crippen LogP contribution in [0.5, 0.6) is 0 Å². The molecule has 0 aromatic rings. The molecule has 0 aromatic carbocycles. The smallest absolute Gasteiger partial charge is 0.333 e. The lowest BCUT2D eigenvalue weighted by Crippen LogP contribution is -2.17. The van der Waals surface area contributed by atoms with Crippen LogP contribution in [-0.4, -0.2) is 50.6 Å². The third-order valence-electron chi connectivity index (χ3n) is 3.37. The molecule has 2 saturated heterocycles. The highest BCUT2D eigenvalue weighted by atomic mass is 16.6. The first kappa shape index (κ1) is 22.3. The Kier molecular flexibility index (Phi) is 11.8. The summed E-state index contributed by atoms with van der Waals surface area (Å²) in [7, 11) is 0. The van der Waals surface area contributed by atoms with Crippen LogP contribution in [0.15, 0.2) is 24.8 Å². The van der Waals surface area contributed by atoms with Gasteiger partial charge in [-0.3, -0.25) is 0 Å². The Morgan fingerprint density at radius 3 is 1.96 bits per heavy atom. The van der Waals surface area contributed by atoms with Crippen molar-refractivity contribution in [2.24, 2.45) is 0 Å². The number of carbonyl (C=O) groups excluding carboxylic acids is 2. The topological polar surface area (TPSA) is 71.1 Å². The third kappa shape index (κ3) is 9.47. The third-order valence-corrected chi connectivity index (χ3v) is 3.37. The zero-order chi connectivity index (χ0) is 17.1. The Balaban J connectivity index is 0.000000425. The van der Waals surface area contributed by atoms with E-state index in [1.165, 1.54) is 0 Å². The molecule has 24 heavy (non-hydrogen) atoms. The van der Waals surface area contributed by atoms with Crippen molar-refractivity contribution in [2.75, 3.05) is 26.4 Å². The fourth-order valence-corrected chi connectivity index (χ4v) is 2.08. The molecule has 0 aromatic heterocycles. The quantitative estimate of drug-likeness (QED) is 0.546. The molecule has 138 valence electrons. The van der Waals surface area contributed by atoms with Gasteiger partial charge in [-0.2, -0.15) is 0 Å². The summed E-state index contributed by atoms with van der Waals surface area (Å²) in [4.78, 5) is 21.5. The van der Waals surface area contributed by atoms with E-state index in [1.54, 1.807) is 6.92 Å². The largest absolute Gasteiger partial charge is 0.460 e. The van der Waals surface area contributed by atoms with Crippen LogP contribution in [0.3, 0.4) is 0 Å². The molecule has 2 heterocycles. The summed E-state index contributed by atoms with van der Waals surface area (Å²) in [6.07, 6.45) is 5.49. The molecule has 0 spiro atoms. The van der Waals surface area contributed by atoms with Crippen LogP contribution < -0.4 is 0 Å². The Bertz CT molecular complexity index is 406. The van der Waals surface area contributed by atoms with Crippen LogP contribution in [0.25, 0.3) is 0 Å². The van der Waals surface area contributed by atoms with E-state index in [2.05, 4.69) is 13.2 Å². The summed E-state index contributed by atoms with van der Waals surface area (Å²) in [6, 6.07) is 0. The van der Waals surface area contributed by atoms with E-state index in [0.717, 1.165) is 45.0 Å². The second-order valence-electron chi connectivity index (χ2n) is 5.48. The molecule has 2 aliphatic heterocycles. The molecule has 0 aliphatic carbocycles. The first-order chi connectivity index (χ1) is 11.0. The van der Waals surface area contributed by atoms with Gasteiger partial charge in [0, 0.05) is 24.9 Å². The monoisotopic (exact) mass is 342 g/mol. The molecule has 6 nitrogen and oxygen atoms in total. The average molecular weight is 342 g/mol. The summed E-state index contributed by atoms with van der Waals surface area (Å²) in [6.45, 7) is 10.7. The molecule has 6 heteroatoms. The van der Waals surface area contributed by atoms with Crippen molar-refractivity contribution in [1.82, 2.24) is 0 Å². The number of hydrogen-bond acceptors (Lipinski definition) is 6. The summed E-state index contributed by atoms with van der Waals surface area (Å²) in [5.74, 6) is -0.703. The Labute approximate surface area is 144 Å². The molecule has 2 unspecified atom stereocenters. The number of rotatable bonds is 6. The maximum atomic E-state index is 10.9. The minimum absolute atomic E-state index is 0. The van der Waals surface area contributed by atoms with Gasteiger partial charge in [0.05, 0.1) is 12.2 Å². The number of esters is 2. The van der Waals surface area contributed by atoms with E-state index in [9.17, 15) is 9.59 Å². The average Bonchev–Trinajstić information content (AvgIpc) is 3.23. The van der Waals surface area contributed by atoms with Crippen molar-refractivity contribution in [3.8, 4) is 0 Å². The van der Waals surface area contributed by atoms with Gasteiger partial charge in [-0.05, 0) is 32.6 Å². The van der Waals surface area contributed by atoms with Crippen molar-refractivity contribution in [3.05, 3.63) is 24.8 Å². The zero-order valence-electron chi connectivity index (χ0n) is 13.8. The molecule has 2 atom stereocenters. The molecule has 0 radical (unpaired) electrons. The van der Waals surface area contributed by atoms with Gasteiger partial charge in [-0.15, -0.1) is 0 Å². The molecule has 0 amide bonds. The SMILES string of the molecule is C.C=C(C)C(=O)OCC1CCCO1.C=CC(=O)OCC1CCCO1. The summed E-state index contributed by atoms with van der Waals surface area (Å²) < 4.78 is 20.2.